The molecule has 0 fully saturated rings. The molecule has 1 atom stereocenters. The maximum Gasteiger partial charge on any atom is 0.0518 e. The smallest absolute Gasteiger partial charge is 0.0518 e. The van der Waals surface area contributed by atoms with Gasteiger partial charge in [-0.1, -0.05) is 30.3 Å². The lowest BCUT2D eigenvalue weighted by molar-refractivity contribution is 0.562. The number of rotatable bonds is 2. The van der Waals surface area contributed by atoms with E-state index in [-0.39, 0.29) is 0 Å². The highest BCUT2D eigenvalue weighted by molar-refractivity contribution is 6.18. The van der Waals surface area contributed by atoms with Crippen LogP contribution in [0.15, 0.2) is 30.3 Å². The summed E-state index contributed by atoms with van der Waals surface area (Å²) in [5.74, 6) is 0.441. The molecule has 0 aliphatic rings. The molecule has 0 aliphatic carbocycles. The normalized spacial score (nSPS) is 15.9. The zero-order chi connectivity index (χ0) is 8.32. The molecule has 0 spiro atoms. The van der Waals surface area contributed by atoms with Crippen LogP contribution in [0.2, 0.25) is 0 Å². The Morgan fingerprint density at radius 3 is 2.36 bits per heavy atom. The van der Waals surface area contributed by atoms with E-state index in [0.717, 1.165) is 5.56 Å². The number of hydrogen-bond donors (Lipinski definition) is 1. The van der Waals surface area contributed by atoms with Crippen LogP contribution in [-0.4, -0.2) is 5.88 Å². The summed E-state index contributed by atoms with van der Waals surface area (Å²) in [4.78, 5) is 0. The number of alkyl halides is 1. The van der Waals surface area contributed by atoms with Crippen LogP contribution in [0.5, 0.6) is 0 Å². The predicted octanol–water partition coefficient (Wildman–Crippen LogP) is 2.10. The molecule has 1 rings (SSSR count). The first-order valence-electron chi connectivity index (χ1n) is 3.57. The molecule has 1 aromatic carbocycles. The minimum Gasteiger partial charge on any atom is -0.321 e. The lowest BCUT2D eigenvalue weighted by Gasteiger charge is -2.21. The monoisotopic (exact) mass is 169 g/mol. The molecule has 0 amide bonds. The van der Waals surface area contributed by atoms with Gasteiger partial charge in [-0.25, -0.2) is 0 Å². The predicted molar refractivity (Wildman–Crippen MR) is 48.7 cm³/mol. The Bertz CT molecular complexity index is 218. The molecule has 0 aromatic heterocycles. The van der Waals surface area contributed by atoms with Crippen LogP contribution in [0.25, 0.3) is 0 Å². The Labute approximate surface area is 72.2 Å². The van der Waals surface area contributed by atoms with Crippen molar-refractivity contribution in [3.63, 3.8) is 0 Å². The van der Waals surface area contributed by atoms with Crippen LogP contribution in [0.1, 0.15) is 12.5 Å². The van der Waals surface area contributed by atoms with Crippen molar-refractivity contribution >= 4 is 11.6 Å². The first-order valence-corrected chi connectivity index (χ1v) is 4.10. The molecule has 60 valence electrons. The summed E-state index contributed by atoms with van der Waals surface area (Å²) < 4.78 is 0. The van der Waals surface area contributed by atoms with Crippen molar-refractivity contribution in [2.24, 2.45) is 5.73 Å². The van der Waals surface area contributed by atoms with E-state index in [9.17, 15) is 0 Å². The van der Waals surface area contributed by atoms with Crippen LogP contribution in [0, 0.1) is 0 Å². The van der Waals surface area contributed by atoms with Gasteiger partial charge in [0, 0.05) is 5.88 Å². The highest BCUT2D eigenvalue weighted by Crippen LogP contribution is 2.17. The second kappa shape index (κ2) is 3.24. The van der Waals surface area contributed by atoms with E-state index < -0.39 is 5.54 Å². The Hall–Kier alpha value is -0.530. The van der Waals surface area contributed by atoms with Gasteiger partial charge >= 0.3 is 0 Å². The van der Waals surface area contributed by atoms with Gasteiger partial charge in [0.2, 0.25) is 0 Å². The zero-order valence-corrected chi connectivity index (χ0v) is 7.31. The summed E-state index contributed by atoms with van der Waals surface area (Å²) in [5.41, 5.74) is 6.58. The second-order valence-corrected chi connectivity index (χ2v) is 3.18. The van der Waals surface area contributed by atoms with Crippen molar-refractivity contribution in [1.82, 2.24) is 0 Å². The van der Waals surface area contributed by atoms with Gasteiger partial charge in [-0.15, -0.1) is 11.6 Å². The van der Waals surface area contributed by atoms with E-state index >= 15 is 0 Å². The fraction of sp³-hybridized carbons (Fsp3) is 0.333. The Morgan fingerprint density at radius 1 is 1.36 bits per heavy atom. The summed E-state index contributed by atoms with van der Waals surface area (Å²) in [5, 5.41) is 0. The maximum absolute atomic E-state index is 5.91. The van der Waals surface area contributed by atoms with Crippen molar-refractivity contribution in [3.8, 4) is 0 Å². The molecule has 0 aliphatic heterocycles. The number of hydrogen-bond acceptors (Lipinski definition) is 1. The van der Waals surface area contributed by atoms with Gasteiger partial charge in [-0.3, -0.25) is 0 Å². The molecule has 2 heteroatoms. The van der Waals surface area contributed by atoms with Gasteiger partial charge in [0.1, 0.15) is 0 Å². The summed E-state index contributed by atoms with van der Waals surface area (Å²) in [6.07, 6.45) is 0. The molecule has 1 unspecified atom stereocenters. The third kappa shape index (κ3) is 1.95. The van der Waals surface area contributed by atoms with E-state index in [1.165, 1.54) is 0 Å². The van der Waals surface area contributed by atoms with E-state index in [2.05, 4.69) is 0 Å². The first-order chi connectivity index (χ1) is 5.17. The van der Waals surface area contributed by atoms with Crippen molar-refractivity contribution in [2.75, 3.05) is 5.88 Å². The molecule has 1 aromatic rings. The third-order valence-electron chi connectivity index (χ3n) is 1.71. The quantitative estimate of drug-likeness (QED) is 0.675. The molecule has 0 radical (unpaired) electrons. The standard InChI is InChI=1S/C9H12ClN/c1-9(11,7-10)8-5-3-2-4-6-8/h2-6H,7,11H2,1H3. The molecule has 1 nitrogen and oxygen atoms in total. The molecule has 0 saturated carbocycles. The van der Waals surface area contributed by atoms with Gasteiger partial charge in [-0.05, 0) is 12.5 Å². The van der Waals surface area contributed by atoms with Gasteiger partial charge in [0.15, 0.2) is 0 Å². The minimum absolute atomic E-state index is 0.400. The average molecular weight is 170 g/mol. The summed E-state index contributed by atoms with van der Waals surface area (Å²) >= 11 is 5.70. The lowest BCUT2D eigenvalue weighted by atomic mass is 9.96. The molecule has 0 heterocycles. The second-order valence-electron chi connectivity index (χ2n) is 2.92. The fourth-order valence-electron chi connectivity index (χ4n) is 0.896. The third-order valence-corrected chi connectivity index (χ3v) is 2.27. The highest BCUT2D eigenvalue weighted by Gasteiger charge is 2.18. The van der Waals surface area contributed by atoms with E-state index in [0.29, 0.717) is 5.88 Å². The van der Waals surface area contributed by atoms with Crippen LogP contribution < -0.4 is 5.73 Å². The van der Waals surface area contributed by atoms with Crippen LogP contribution in [0.4, 0.5) is 0 Å². The fourth-order valence-corrected chi connectivity index (χ4v) is 1.05. The molecular formula is C9H12ClN. The summed E-state index contributed by atoms with van der Waals surface area (Å²) in [7, 11) is 0. The van der Waals surface area contributed by atoms with Gasteiger partial charge in [-0.2, -0.15) is 0 Å². The topological polar surface area (TPSA) is 26.0 Å². The molecular weight excluding hydrogens is 158 g/mol. The minimum atomic E-state index is -0.400. The van der Waals surface area contributed by atoms with Crippen molar-refractivity contribution in [3.05, 3.63) is 35.9 Å². The van der Waals surface area contributed by atoms with E-state index in [1.807, 2.05) is 37.3 Å². The first kappa shape index (κ1) is 8.57. The van der Waals surface area contributed by atoms with Crippen molar-refractivity contribution in [2.45, 2.75) is 12.5 Å². The van der Waals surface area contributed by atoms with Crippen LogP contribution in [0.3, 0.4) is 0 Å². The van der Waals surface area contributed by atoms with Gasteiger partial charge in [0.05, 0.1) is 5.54 Å². The molecule has 0 bridgehead atoms. The van der Waals surface area contributed by atoms with E-state index in [1.54, 1.807) is 0 Å². The highest BCUT2D eigenvalue weighted by atomic mass is 35.5. The Kier molecular flexibility index (Phi) is 2.53. The SMILES string of the molecule is CC(N)(CCl)c1ccccc1. The lowest BCUT2D eigenvalue weighted by Crippen LogP contribution is -2.34. The average Bonchev–Trinajstić information content (AvgIpc) is 2.06. The van der Waals surface area contributed by atoms with Crippen molar-refractivity contribution in [1.29, 1.82) is 0 Å². The summed E-state index contributed by atoms with van der Waals surface area (Å²) in [6, 6.07) is 9.87. The number of halogens is 1. The molecule has 2 N–H and O–H groups in total. The van der Waals surface area contributed by atoms with Crippen LogP contribution in [-0.2, 0) is 5.54 Å². The molecule has 0 saturated heterocycles. The largest absolute Gasteiger partial charge is 0.321 e. The van der Waals surface area contributed by atoms with Crippen molar-refractivity contribution < 1.29 is 0 Å². The molecule has 11 heavy (non-hydrogen) atoms. The van der Waals surface area contributed by atoms with E-state index in [4.69, 9.17) is 17.3 Å². The Balaban J connectivity index is 2.93. The Morgan fingerprint density at radius 2 is 1.91 bits per heavy atom. The number of nitrogens with two attached hydrogens (primary N) is 1. The zero-order valence-electron chi connectivity index (χ0n) is 6.55. The van der Waals surface area contributed by atoms with Gasteiger partial charge < -0.3 is 5.73 Å². The van der Waals surface area contributed by atoms with Crippen LogP contribution >= 0.6 is 11.6 Å². The van der Waals surface area contributed by atoms with Gasteiger partial charge in [0.25, 0.3) is 0 Å². The summed E-state index contributed by atoms with van der Waals surface area (Å²) in [6.45, 7) is 1.93. The number of benzene rings is 1. The maximum atomic E-state index is 5.91.